The number of ether oxygens (including phenoxy) is 2. The molecule has 2 saturated heterocycles. The van der Waals surface area contributed by atoms with Gasteiger partial charge in [-0.15, -0.1) is 0 Å². The molecule has 7 nitrogen and oxygen atoms in total. The van der Waals surface area contributed by atoms with E-state index >= 15 is 0 Å². The summed E-state index contributed by atoms with van der Waals surface area (Å²) in [5.41, 5.74) is 1.73. The second-order valence-corrected chi connectivity index (χ2v) is 8.77. The summed E-state index contributed by atoms with van der Waals surface area (Å²) in [5, 5.41) is 2.56. The molecule has 2 aliphatic rings. The molecule has 5 rings (SSSR count). The van der Waals surface area contributed by atoms with Crippen molar-refractivity contribution in [1.29, 1.82) is 0 Å². The Morgan fingerprint density at radius 2 is 1.59 bits per heavy atom. The van der Waals surface area contributed by atoms with Gasteiger partial charge in [-0.25, -0.2) is 9.96 Å². The molecule has 0 aromatic heterocycles. The molecule has 2 fully saturated rings. The SMILES string of the molecule is COc1ccc(C2C3C(=O)N(c4cccc(Cl)c4)C(=O)C3ON2c2ccc(Cl)cc2)c(OC)c1. The second-order valence-electron chi connectivity index (χ2n) is 7.90. The van der Waals surface area contributed by atoms with Crippen molar-refractivity contribution in [3.63, 3.8) is 0 Å². The van der Waals surface area contributed by atoms with E-state index in [9.17, 15) is 9.59 Å². The molecule has 3 aromatic rings. The van der Waals surface area contributed by atoms with Crippen LogP contribution in [-0.2, 0) is 14.4 Å². The van der Waals surface area contributed by atoms with Crippen LogP contribution in [-0.4, -0.2) is 32.1 Å². The van der Waals surface area contributed by atoms with Gasteiger partial charge in [0.2, 0.25) is 5.91 Å². The number of amides is 2. The minimum absolute atomic E-state index is 0.378. The van der Waals surface area contributed by atoms with Crippen LogP contribution in [0, 0.1) is 5.92 Å². The Morgan fingerprint density at radius 3 is 2.26 bits per heavy atom. The lowest BCUT2D eigenvalue weighted by molar-refractivity contribution is -0.126. The Labute approximate surface area is 206 Å². The van der Waals surface area contributed by atoms with Crippen LogP contribution in [0.15, 0.2) is 66.7 Å². The largest absolute Gasteiger partial charge is 0.497 e. The zero-order valence-electron chi connectivity index (χ0n) is 18.3. The van der Waals surface area contributed by atoms with Crippen molar-refractivity contribution in [2.75, 3.05) is 24.2 Å². The molecule has 0 bridgehead atoms. The van der Waals surface area contributed by atoms with Crippen LogP contribution in [0.5, 0.6) is 11.5 Å². The van der Waals surface area contributed by atoms with Gasteiger partial charge in [0.25, 0.3) is 5.91 Å². The van der Waals surface area contributed by atoms with E-state index in [4.69, 9.17) is 37.5 Å². The summed E-state index contributed by atoms with van der Waals surface area (Å²) in [7, 11) is 3.10. The average Bonchev–Trinajstić information content (AvgIpc) is 3.34. The maximum Gasteiger partial charge on any atom is 0.266 e. The van der Waals surface area contributed by atoms with Crippen LogP contribution >= 0.6 is 23.2 Å². The topological polar surface area (TPSA) is 68.3 Å². The lowest BCUT2D eigenvalue weighted by Crippen LogP contribution is -2.37. The second kappa shape index (κ2) is 8.83. The zero-order chi connectivity index (χ0) is 24.0. The van der Waals surface area contributed by atoms with E-state index in [1.165, 1.54) is 7.11 Å². The van der Waals surface area contributed by atoms with Gasteiger partial charge in [-0.3, -0.25) is 14.4 Å². The number of hydrogen-bond donors (Lipinski definition) is 0. The van der Waals surface area contributed by atoms with Crippen molar-refractivity contribution in [3.05, 3.63) is 82.3 Å². The molecule has 0 N–H and O–H groups in total. The Kier molecular flexibility index (Phi) is 5.85. The molecular weight excluding hydrogens is 479 g/mol. The fourth-order valence-corrected chi connectivity index (χ4v) is 4.79. The fraction of sp³-hybridized carbons (Fsp3) is 0.200. The normalized spacial score (nSPS) is 21.7. The molecule has 2 aliphatic heterocycles. The van der Waals surface area contributed by atoms with Gasteiger partial charge in [-0.05, 0) is 54.6 Å². The van der Waals surface area contributed by atoms with Gasteiger partial charge in [0.15, 0.2) is 6.10 Å². The number of methoxy groups -OCH3 is 2. The average molecular weight is 499 g/mol. The molecule has 0 aliphatic carbocycles. The van der Waals surface area contributed by atoms with Gasteiger partial charge in [-0.1, -0.05) is 29.3 Å². The molecule has 0 saturated carbocycles. The highest BCUT2D eigenvalue weighted by Gasteiger charge is 2.60. The van der Waals surface area contributed by atoms with Crippen LogP contribution in [0.1, 0.15) is 11.6 Å². The lowest BCUT2D eigenvalue weighted by atomic mass is 9.90. The number of fused-ring (bicyclic) bond motifs is 1. The van der Waals surface area contributed by atoms with Crippen molar-refractivity contribution in [1.82, 2.24) is 0 Å². The number of hydroxylamine groups is 1. The zero-order valence-corrected chi connectivity index (χ0v) is 19.8. The maximum atomic E-state index is 13.7. The third kappa shape index (κ3) is 3.66. The molecule has 3 atom stereocenters. The monoisotopic (exact) mass is 498 g/mol. The summed E-state index contributed by atoms with van der Waals surface area (Å²) >= 11 is 12.2. The van der Waals surface area contributed by atoms with Gasteiger partial charge in [0, 0.05) is 21.7 Å². The molecule has 0 radical (unpaired) electrons. The first kappa shape index (κ1) is 22.5. The van der Waals surface area contributed by atoms with Crippen LogP contribution < -0.4 is 19.4 Å². The lowest BCUT2D eigenvalue weighted by Gasteiger charge is -2.29. The number of imide groups is 1. The molecule has 2 heterocycles. The number of benzene rings is 3. The van der Waals surface area contributed by atoms with Crippen LogP contribution in [0.2, 0.25) is 10.0 Å². The number of halogens is 2. The third-order valence-electron chi connectivity index (χ3n) is 6.02. The van der Waals surface area contributed by atoms with Crippen LogP contribution in [0.25, 0.3) is 0 Å². The van der Waals surface area contributed by atoms with Crippen LogP contribution in [0.4, 0.5) is 11.4 Å². The molecule has 3 aromatic carbocycles. The first-order valence-corrected chi connectivity index (χ1v) is 11.3. The van der Waals surface area contributed by atoms with Gasteiger partial charge < -0.3 is 9.47 Å². The highest BCUT2D eigenvalue weighted by molar-refractivity contribution is 6.31. The molecule has 2 amide bonds. The Balaban J connectivity index is 1.63. The maximum absolute atomic E-state index is 13.7. The van der Waals surface area contributed by atoms with E-state index in [1.807, 2.05) is 6.07 Å². The van der Waals surface area contributed by atoms with Gasteiger partial charge in [0.1, 0.15) is 17.4 Å². The summed E-state index contributed by atoms with van der Waals surface area (Å²) in [5.74, 6) is -0.537. The van der Waals surface area contributed by atoms with Gasteiger partial charge in [-0.2, -0.15) is 0 Å². The molecule has 3 unspecified atom stereocenters. The van der Waals surface area contributed by atoms with E-state index in [2.05, 4.69) is 0 Å². The summed E-state index contributed by atoms with van der Waals surface area (Å²) in [6, 6.07) is 18.3. The Bertz CT molecular complexity index is 1270. The Morgan fingerprint density at radius 1 is 0.824 bits per heavy atom. The number of rotatable bonds is 5. The number of nitrogens with zero attached hydrogens (tertiary/aromatic N) is 2. The summed E-state index contributed by atoms with van der Waals surface area (Å²) < 4.78 is 11.0. The standard InChI is InChI=1S/C25H20Cl2N2O5/c1-32-18-10-11-19(20(13-18)33-2)22-21-23(34-29(22)16-8-6-14(26)7-9-16)25(31)28(24(21)30)17-5-3-4-15(27)12-17/h3-13,21-23H,1-2H3. The van der Waals surface area contributed by atoms with Gasteiger partial charge >= 0.3 is 0 Å². The molecule has 9 heteroatoms. The molecule has 174 valence electrons. The quantitative estimate of drug-likeness (QED) is 0.458. The molecular formula is C25H20Cl2N2O5. The number of anilines is 2. The predicted octanol–water partition coefficient (Wildman–Crippen LogP) is 5.06. The van der Waals surface area contributed by atoms with Crippen LogP contribution in [0.3, 0.4) is 0 Å². The number of carbonyl (C=O) groups is 2. The van der Waals surface area contributed by atoms with E-state index < -0.39 is 24.0 Å². The highest BCUT2D eigenvalue weighted by atomic mass is 35.5. The minimum Gasteiger partial charge on any atom is -0.497 e. The number of hydrogen-bond acceptors (Lipinski definition) is 6. The van der Waals surface area contributed by atoms with E-state index in [1.54, 1.807) is 72.8 Å². The summed E-state index contributed by atoms with van der Waals surface area (Å²) in [6.07, 6.45) is -1.01. The Hall–Kier alpha value is -3.26. The fourth-order valence-electron chi connectivity index (χ4n) is 4.47. The minimum atomic E-state index is -1.01. The van der Waals surface area contributed by atoms with E-state index in [0.717, 1.165) is 4.90 Å². The predicted molar refractivity (Wildman–Crippen MR) is 129 cm³/mol. The molecule has 34 heavy (non-hydrogen) atoms. The van der Waals surface area contributed by atoms with Crippen molar-refractivity contribution >= 4 is 46.4 Å². The molecule has 0 spiro atoms. The summed E-state index contributed by atoms with van der Waals surface area (Å²) in [6.45, 7) is 0. The number of carbonyl (C=O) groups excluding carboxylic acids is 2. The van der Waals surface area contributed by atoms with E-state index in [-0.39, 0.29) is 5.91 Å². The van der Waals surface area contributed by atoms with E-state index in [0.29, 0.717) is 38.5 Å². The van der Waals surface area contributed by atoms with Crippen molar-refractivity contribution < 1.29 is 23.9 Å². The summed E-state index contributed by atoms with van der Waals surface area (Å²) in [4.78, 5) is 34.4. The van der Waals surface area contributed by atoms with Crippen molar-refractivity contribution in [3.8, 4) is 11.5 Å². The van der Waals surface area contributed by atoms with Crippen molar-refractivity contribution in [2.45, 2.75) is 12.1 Å². The first-order chi connectivity index (χ1) is 16.4. The highest BCUT2D eigenvalue weighted by Crippen LogP contribution is 2.50. The first-order valence-electron chi connectivity index (χ1n) is 10.5. The third-order valence-corrected chi connectivity index (χ3v) is 6.51. The van der Waals surface area contributed by atoms with Gasteiger partial charge in [0.05, 0.1) is 31.6 Å². The van der Waals surface area contributed by atoms with Crippen molar-refractivity contribution in [2.24, 2.45) is 5.92 Å². The smallest absolute Gasteiger partial charge is 0.266 e.